The maximum Gasteiger partial charge on any atom is 0.317 e. The highest BCUT2D eigenvalue weighted by atomic mass is 16.2. The molecule has 3 aliphatic heterocycles. The maximum absolute atomic E-state index is 13.4. The third-order valence-corrected chi connectivity index (χ3v) is 6.63. The van der Waals surface area contributed by atoms with Crippen molar-refractivity contribution in [3.63, 3.8) is 0 Å². The number of hydrogen-bond acceptors (Lipinski definition) is 7. The Hall–Kier alpha value is -3.57. The van der Waals surface area contributed by atoms with Crippen molar-refractivity contribution in [3.8, 4) is 0 Å². The molecule has 12 heteroatoms. The molecule has 2 unspecified atom stereocenters. The number of nitrogens with one attached hydrogen (secondary N) is 2. The Bertz CT molecular complexity index is 1140. The van der Waals surface area contributed by atoms with Crippen LogP contribution in [0.1, 0.15) is 47.8 Å². The predicted molar refractivity (Wildman–Crippen MR) is 107 cm³/mol. The number of aromatic amines is 1. The molecular formula is C19H22N10O2. The lowest BCUT2D eigenvalue weighted by molar-refractivity contribution is 0.0524. The number of carbonyl (C=O) groups is 2. The molecule has 2 bridgehead atoms. The second-order valence-electron chi connectivity index (χ2n) is 8.42. The van der Waals surface area contributed by atoms with Gasteiger partial charge in [-0.25, -0.2) is 14.5 Å². The van der Waals surface area contributed by atoms with Gasteiger partial charge in [-0.05, 0) is 31.7 Å². The van der Waals surface area contributed by atoms with Crippen molar-refractivity contribution in [3.05, 3.63) is 29.7 Å². The second-order valence-corrected chi connectivity index (χ2v) is 8.42. The van der Waals surface area contributed by atoms with E-state index in [0.717, 1.165) is 31.4 Å². The van der Waals surface area contributed by atoms with E-state index in [1.54, 1.807) is 17.2 Å². The minimum absolute atomic E-state index is 0.00780. The largest absolute Gasteiger partial charge is 0.336 e. The number of nitrogens with zero attached hydrogens (tertiary/aromatic N) is 8. The molecule has 0 saturated carbocycles. The van der Waals surface area contributed by atoms with Gasteiger partial charge in [0.15, 0.2) is 0 Å². The standard InChI is InChI=1S/C19H22N10O2/c30-18(15-3-4-20-17-16(15)23-25-24-17)29-12-1-2-13(29)8-14(7-12)28-10-11(22-26-28)9-27-6-5-21-19(27)31/h3-4,10,12-14H,1-2,5-9H2,(H,21,31)(H,20,23,24,25). The molecule has 3 aromatic rings. The van der Waals surface area contributed by atoms with Gasteiger partial charge in [0.25, 0.3) is 5.91 Å². The highest BCUT2D eigenvalue weighted by molar-refractivity contribution is 6.04. The maximum atomic E-state index is 13.4. The molecule has 3 saturated heterocycles. The minimum atomic E-state index is -0.0586. The highest BCUT2D eigenvalue weighted by Crippen LogP contribution is 2.41. The molecule has 2 atom stereocenters. The zero-order chi connectivity index (χ0) is 20.9. The lowest BCUT2D eigenvalue weighted by Crippen LogP contribution is -2.47. The van der Waals surface area contributed by atoms with E-state index in [9.17, 15) is 9.59 Å². The number of aromatic nitrogens is 7. The molecule has 6 rings (SSSR count). The van der Waals surface area contributed by atoms with Crippen LogP contribution in [0.2, 0.25) is 0 Å². The lowest BCUT2D eigenvalue weighted by atomic mass is 9.96. The van der Waals surface area contributed by atoms with Gasteiger partial charge in [0.2, 0.25) is 5.65 Å². The Morgan fingerprint density at radius 2 is 2.00 bits per heavy atom. The van der Waals surface area contributed by atoms with Gasteiger partial charge in [0.05, 0.1) is 24.3 Å². The summed E-state index contributed by atoms with van der Waals surface area (Å²) in [5.41, 5.74) is 2.30. The molecular weight excluding hydrogens is 400 g/mol. The number of piperidine rings is 1. The molecule has 160 valence electrons. The molecule has 2 N–H and O–H groups in total. The number of fused-ring (bicyclic) bond motifs is 3. The Morgan fingerprint density at radius 1 is 1.16 bits per heavy atom. The topological polar surface area (TPSA) is 138 Å². The summed E-state index contributed by atoms with van der Waals surface area (Å²) in [6, 6.07) is 2.17. The van der Waals surface area contributed by atoms with Gasteiger partial charge in [0.1, 0.15) is 11.2 Å². The van der Waals surface area contributed by atoms with E-state index in [1.165, 1.54) is 0 Å². The van der Waals surface area contributed by atoms with Crippen molar-refractivity contribution in [2.24, 2.45) is 0 Å². The van der Waals surface area contributed by atoms with E-state index in [-0.39, 0.29) is 30.1 Å². The summed E-state index contributed by atoms with van der Waals surface area (Å²) < 4.78 is 1.92. The molecule has 3 aliphatic rings. The van der Waals surface area contributed by atoms with E-state index >= 15 is 0 Å². The van der Waals surface area contributed by atoms with Gasteiger partial charge in [-0.2, -0.15) is 10.3 Å². The number of carbonyl (C=O) groups excluding carboxylic acids is 2. The molecule has 3 aromatic heterocycles. The zero-order valence-corrected chi connectivity index (χ0v) is 16.8. The van der Waals surface area contributed by atoms with E-state index in [0.29, 0.717) is 36.4 Å². The van der Waals surface area contributed by atoms with E-state index in [2.05, 4.69) is 36.0 Å². The van der Waals surface area contributed by atoms with E-state index in [1.807, 2.05) is 15.8 Å². The monoisotopic (exact) mass is 422 g/mol. The fraction of sp³-hybridized carbons (Fsp3) is 0.526. The number of rotatable bonds is 4. The van der Waals surface area contributed by atoms with Crippen LogP contribution in [0.15, 0.2) is 18.5 Å². The van der Waals surface area contributed by atoms with Gasteiger partial charge in [-0.1, -0.05) is 5.21 Å². The average molecular weight is 422 g/mol. The number of pyridine rings is 1. The average Bonchev–Trinajstić information content (AvgIpc) is 3.56. The first-order valence-electron chi connectivity index (χ1n) is 10.6. The SMILES string of the molecule is O=C1NCCN1Cc1cn(C2CC3CCC(C2)N3C(=O)c2ccnc3n[nH]nc23)nn1. The van der Waals surface area contributed by atoms with Crippen molar-refractivity contribution in [1.29, 1.82) is 0 Å². The van der Waals surface area contributed by atoms with Gasteiger partial charge in [0, 0.05) is 31.4 Å². The molecule has 0 aliphatic carbocycles. The summed E-state index contributed by atoms with van der Waals surface area (Å²) in [6.45, 7) is 1.82. The van der Waals surface area contributed by atoms with Crippen molar-refractivity contribution in [2.45, 2.75) is 50.4 Å². The van der Waals surface area contributed by atoms with Gasteiger partial charge in [-0.15, -0.1) is 10.2 Å². The molecule has 12 nitrogen and oxygen atoms in total. The normalized spacial score (nSPS) is 25.4. The molecule has 31 heavy (non-hydrogen) atoms. The predicted octanol–water partition coefficient (Wildman–Crippen LogP) is 0.478. The number of H-pyrrole nitrogens is 1. The van der Waals surface area contributed by atoms with Gasteiger partial charge < -0.3 is 15.1 Å². The van der Waals surface area contributed by atoms with Gasteiger partial charge in [-0.3, -0.25) is 4.79 Å². The van der Waals surface area contributed by atoms with Crippen LogP contribution < -0.4 is 5.32 Å². The smallest absolute Gasteiger partial charge is 0.317 e. The third-order valence-electron chi connectivity index (χ3n) is 6.63. The molecule has 3 fully saturated rings. The van der Waals surface area contributed by atoms with Crippen LogP contribution in [-0.2, 0) is 6.54 Å². The van der Waals surface area contributed by atoms with Crippen molar-refractivity contribution in [2.75, 3.05) is 13.1 Å². The highest BCUT2D eigenvalue weighted by Gasteiger charge is 2.44. The van der Waals surface area contributed by atoms with Crippen molar-refractivity contribution in [1.82, 2.24) is 50.5 Å². The summed E-state index contributed by atoms with van der Waals surface area (Å²) in [6.07, 6.45) is 7.18. The van der Waals surface area contributed by atoms with E-state index in [4.69, 9.17) is 0 Å². The summed E-state index contributed by atoms with van der Waals surface area (Å²) >= 11 is 0. The van der Waals surface area contributed by atoms with Crippen LogP contribution in [-0.4, -0.2) is 82.3 Å². The van der Waals surface area contributed by atoms with Gasteiger partial charge >= 0.3 is 6.03 Å². The Labute approximate surface area is 177 Å². The van der Waals surface area contributed by atoms with Crippen molar-refractivity contribution < 1.29 is 9.59 Å². The minimum Gasteiger partial charge on any atom is -0.336 e. The van der Waals surface area contributed by atoms with Crippen LogP contribution in [0, 0.1) is 0 Å². The fourth-order valence-corrected chi connectivity index (χ4v) is 5.19. The summed E-state index contributed by atoms with van der Waals surface area (Å²) in [5, 5.41) is 22.1. The van der Waals surface area contributed by atoms with Crippen LogP contribution >= 0.6 is 0 Å². The Balaban J connectivity index is 1.19. The van der Waals surface area contributed by atoms with E-state index < -0.39 is 0 Å². The van der Waals surface area contributed by atoms with Crippen LogP contribution in [0.25, 0.3) is 11.2 Å². The van der Waals surface area contributed by atoms with Crippen LogP contribution in [0.5, 0.6) is 0 Å². The molecule has 0 aromatic carbocycles. The first-order valence-corrected chi connectivity index (χ1v) is 10.6. The number of amides is 3. The van der Waals surface area contributed by atoms with Crippen LogP contribution in [0.4, 0.5) is 4.79 Å². The Kier molecular flexibility index (Phi) is 4.11. The lowest BCUT2D eigenvalue weighted by Gasteiger charge is -2.38. The summed E-state index contributed by atoms with van der Waals surface area (Å²) in [4.78, 5) is 33.1. The fourth-order valence-electron chi connectivity index (χ4n) is 5.19. The molecule has 3 amide bonds. The molecule has 0 spiro atoms. The third kappa shape index (κ3) is 3.01. The summed E-state index contributed by atoms with van der Waals surface area (Å²) in [7, 11) is 0. The Morgan fingerprint density at radius 3 is 2.77 bits per heavy atom. The first kappa shape index (κ1) is 18.2. The summed E-state index contributed by atoms with van der Waals surface area (Å²) in [5.74, 6) is -0.00780. The van der Waals surface area contributed by atoms with Crippen molar-refractivity contribution >= 4 is 23.1 Å². The number of urea groups is 1. The molecule has 0 radical (unpaired) electrons. The second kappa shape index (κ2) is 7.00. The number of hydrogen-bond donors (Lipinski definition) is 2. The first-order chi connectivity index (χ1) is 15.2. The quantitative estimate of drug-likeness (QED) is 0.623. The van der Waals surface area contributed by atoms with Crippen LogP contribution in [0.3, 0.4) is 0 Å². The molecule has 6 heterocycles. The zero-order valence-electron chi connectivity index (χ0n) is 16.8.